The molecule has 0 saturated carbocycles. The van der Waals surface area contributed by atoms with E-state index in [2.05, 4.69) is 81.5 Å². The second-order valence-corrected chi connectivity index (χ2v) is 22.0. The predicted molar refractivity (Wildman–Crippen MR) is 325 cm³/mol. The van der Waals surface area contributed by atoms with E-state index >= 15 is 0 Å². The van der Waals surface area contributed by atoms with E-state index in [0.29, 0.717) is 19.3 Å². The highest BCUT2D eigenvalue weighted by Crippen LogP contribution is 2.17. The number of hydrogen-bond acceptors (Lipinski definition) is 6. The Morgan fingerprint density at radius 1 is 0.267 bits per heavy atom. The van der Waals surface area contributed by atoms with Crippen molar-refractivity contribution < 1.29 is 28.6 Å². The Morgan fingerprint density at radius 2 is 0.493 bits per heavy atom. The predicted octanol–water partition coefficient (Wildman–Crippen LogP) is 22.3. The maximum absolute atomic E-state index is 12.9. The molecule has 0 rings (SSSR count). The molecule has 0 aliphatic rings. The Hall–Kier alpha value is -2.89. The Morgan fingerprint density at radius 3 is 0.787 bits per heavy atom. The fourth-order valence-corrected chi connectivity index (χ4v) is 9.53. The molecule has 0 fully saturated rings. The minimum Gasteiger partial charge on any atom is -0.462 e. The van der Waals surface area contributed by atoms with Crippen LogP contribution < -0.4 is 0 Å². The quantitative estimate of drug-likeness (QED) is 0.0261. The van der Waals surface area contributed by atoms with Gasteiger partial charge in [-0.05, 0) is 83.5 Å². The van der Waals surface area contributed by atoms with Gasteiger partial charge in [-0.1, -0.05) is 300 Å². The van der Waals surface area contributed by atoms with Crippen LogP contribution in [-0.4, -0.2) is 37.2 Å². The highest BCUT2D eigenvalue weighted by atomic mass is 16.6. The minimum atomic E-state index is -0.778. The van der Waals surface area contributed by atoms with E-state index in [9.17, 15) is 14.4 Å². The summed E-state index contributed by atoms with van der Waals surface area (Å²) >= 11 is 0. The summed E-state index contributed by atoms with van der Waals surface area (Å²) < 4.78 is 16.9. The van der Waals surface area contributed by atoms with E-state index in [4.69, 9.17) is 14.2 Å². The van der Waals surface area contributed by atoms with Gasteiger partial charge in [0, 0.05) is 19.3 Å². The third kappa shape index (κ3) is 61.8. The van der Waals surface area contributed by atoms with E-state index in [1.165, 1.54) is 205 Å². The first-order valence-electron chi connectivity index (χ1n) is 32.8. The Balaban J connectivity index is 4.14. The summed E-state index contributed by atoms with van der Waals surface area (Å²) in [7, 11) is 0. The number of ether oxygens (including phenoxy) is 3. The summed E-state index contributed by atoms with van der Waals surface area (Å²) in [5.74, 6) is -0.873. The van der Waals surface area contributed by atoms with Crippen molar-refractivity contribution in [2.45, 2.75) is 348 Å². The molecule has 75 heavy (non-hydrogen) atoms. The van der Waals surface area contributed by atoms with Gasteiger partial charge in [0.15, 0.2) is 6.10 Å². The minimum absolute atomic E-state index is 0.0757. The molecule has 0 bridgehead atoms. The van der Waals surface area contributed by atoms with Gasteiger partial charge >= 0.3 is 17.9 Å². The average molecular weight is 1050 g/mol. The Kier molecular flexibility index (Phi) is 61.2. The van der Waals surface area contributed by atoms with Gasteiger partial charge < -0.3 is 14.2 Å². The van der Waals surface area contributed by atoms with E-state index in [-0.39, 0.29) is 31.1 Å². The second-order valence-electron chi connectivity index (χ2n) is 22.0. The van der Waals surface area contributed by atoms with Crippen LogP contribution in [0.25, 0.3) is 0 Å². The van der Waals surface area contributed by atoms with Gasteiger partial charge in [-0.25, -0.2) is 0 Å². The first kappa shape index (κ1) is 72.1. The molecule has 1 atom stereocenters. The first-order valence-corrected chi connectivity index (χ1v) is 32.8. The zero-order valence-electron chi connectivity index (χ0n) is 50.1. The highest BCUT2D eigenvalue weighted by Gasteiger charge is 2.19. The molecule has 0 saturated heterocycles. The average Bonchev–Trinajstić information content (AvgIpc) is 3.41. The maximum atomic E-state index is 12.9. The van der Waals surface area contributed by atoms with Crippen LogP contribution in [-0.2, 0) is 28.6 Å². The van der Waals surface area contributed by atoms with Crippen molar-refractivity contribution in [3.63, 3.8) is 0 Å². The summed E-state index contributed by atoms with van der Waals surface area (Å²) in [5, 5.41) is 0. The lowest BCUT2D eigenvalue weighted by Crippen LogP contribution is -2.30. The van der Waals surface area contributed by atoms with Crippen molar-refractivity contribution in [2.75, 3.05) is 13.2 Å². The van der Waals surface area contributed by atoms with Crippen molar-refractivity contribution in [3.05, 3.63) is 60.8 Å². The van der Waals surface area contributed by atoms with Crippen molar-refractivity contribution in [2.24, 2.45) is 0 Å². The van der Waals surface area contributed by atoms with E-state index in [0.717, 1.165) is 96.3 Å². The van der Waals surface area contributed by atoms with Gasteiger partial charge in [-0.15, -0.1) is 0 Å². The van der Waals surface area contributed by atoms with Gasteiger partial charge in [-0.3, -0.25) is 14.4 Å². The van der Waals surface area contributed by atoms with Gasteiger partial charge in [0.2, 0.25) is 0 Å². The lowest BCUT2D eigenvalue weighted by atomic mass is 10.0. The van der Waals surface area contributed by atoms with Crippen LogP contribution in [0.2, 0.25) is 0 Å². The van der Waals surface area contributed by atoms with E-state index in [1.54, 1.807) is 0 Å². The summed E-state index contributed by atoms with van der Waals surface area (Å²) in [6.07, 6.45) is 81.0. The van der Waals surface area contributed by atoms with Crippen LogP contribution in [0, 0.1) is 0 Å². The molecular weight excluding hydrogens is 925 g/mol. The van der Waals surface area contributed by atoms with Gasteiger partial charge in [-0.2, -0.15) is 0 Å². The molecule has 436 valence electrons. The van der Waals surface area contributed by atoms with Gasteiger partial charge in [0.25, 0.3) is 0 Å². The normalized spacial score (nSPS) is 12.4. The summed E-state index contributed by atoms with van der Waals surface area (Å²) in [5.41, 5.74) is 0. The highest BCUT2D eigenvalue weighted by molar-refractivity contribution is 5.71. The summed E-state index contributed by atoms with van der Waals surface area (Å²) in [6, 6.07) is 0. The van der Waals surface area contributed by atoms with E-state index in [1.807, 2.05) is 0 Å². The van der Waals surface area contributed by atoms with Crippen LogP contribution in [0.1, 0.15) is 342 Å². The molecule has 0 aromatic heterocycles. The molecular formula is C69H124O6. The van der Waals surface area contributed by atoms with Crippen LogP contribution in [0.15, 0.2) is 60.8 Å². The molecule has 6 heteroatoms. The summed E-state index contributed by atoms with van der Waals surface area (Å²) in [4.78, 5) is 38.2. The number of carbonyl (C=O) groups excluding carboxylic acids is 3. The monoisotopic (exact) mass is 1050 g/mol. The van der Waals surface area contributed by atoms with Crippen molar-refractivity contribution >= 4 is 17.9 Å². The Bertz CT molecular complexity index is 1340. The van der Waals surface area contributed by atoms with Crippen molar-refractivity contribution in [1.29, 1.82) is 0 Å². The second kappa shape index (κ2) is 63.6. The first-order chi connectivity index (χ1) is 37.0. The molecule has 0 aromatic rings. The van der Waals surface area contributed by atoms with Crippen LogP contribution in [0.5, 0.6) is 0 Å². The van der Waals surface area contributed by atoms with Gasteiger partial charge in [0.1, 0.15) is 13.2 Å². The molecule has 1 unspecified atom stereocenters. The third-order valence-corrected chi connectivity index (χ3v) is 14.5. The molecule has 0 heterocycles. The molecule has 0 aromatic carbocycles. The zero-order valence-corrected chi connectivity index (χ0v) is 50.1. The number of carbonyl (C=O) groups is 3. The van der Waals surface area contributed by atoms with Crippen LogP contribution >= 0.6 is 0 Å². The number of unbranched alkanes of at least 4 members (excludes halogenated alkanes) is 39. The number of esters is 3. The molecule has 0 spiro atoms. The fourth-order valence-electron chi connectivity index (χ4n) is 9.53. The molecule has 0 radical (unpaired) electrons. The van der Waals surface area contributed by atoms with Crippen molar-refractivity contribution in [1.82, 2.24) is 0 Å². The largest absolute Gasteiger partial charge is 0.462 e. The molecule has 6 nitrogen and oxygen atoms in total. The molecule has 0 amide bonds. The Labute approximate surface area is 466 Å². The lowest BCUT2D eigenvalue weighted by molar-refractivity contribution is -0.167. The smallest absolute Gasteiger partial charge is 0.306 e. The molecule has 0 aliphatic heterocycles. The topological polar surface area (TPSA) is 78.9 Å². The summed E-state index contributed by atoms with van der Waals surface area (Å²) in [6.45, 7) is 6.61. The standard InChI is InChI=1S/C69H124O6/c1-4-7-10-13-16-19-22-25-27-28-29-30-31-32-33-34-35-36-37-38-39-40-41-42-43-45-47-50-53-56-59-62-68(71)74-65-66(64-73-67(70)61-58-55-52-49-46-24-21-18-15-12-9-6-3)75-69(72)63-60-57-54-51-48-44-26-23-20-17-14-11-8-5-2/h14,17,22-23,25-26,28-29,31-32,66H,4-13,15-16,18-21,24,27,30,33-65H2,1-3H3/b17-14-,25-22-,26-23-,29-28-,32-31-. The lowest BCUT2D eigenvalue weighted by Gasteiger charge is -2.18. The number of hydrogen-bond donors (Lipinski definition) is 0. The van der Waals surface area contributed by atoms with Gasteiger partial charge in [0.05, 0.1) is 0 Å². The maximum Gasteiger partial charge on any atom is 0.306 e. The van der Waals surface area contributed by atoms with Crippen LogP contribution in [0.4, 0.5) is 0 Å². The number of rotatable bonds is 60. The SMILES string of the molecule is CCCC/C=C\C/C=C\CCCCCCCC(=O)OC(COC(=O)CCCCCCCCCCCCCC)COC(=O)CCCCCCCCCCCCCCCCCC/C=C\C/C=C\C/C=C\CCCCCCC. The van der Waals surface area contributed by atoms with E-state index < -0.39 is 6.10 Å². The zero-order chi connectivity index (χ0) is 54.3. The van der Waals surface area contributed by atoms with Crippen molar-refractivity contribution in [3.8, 4) is 0 Å². The third-order valence-electron chi connectivity index (χ3n) is 14.5. The molecule has 0 N–H and O–H groups in total. The molecule has 0 aliphatic carbocycles. The number of allylic oxidation sites excluding steroid dienone is 10. The fraction of sp³-hybridized carbons (Fsp3) is 0.812. The van der Waals surface area contributed by atoms with Crippen LogP contribution in [0.3, 0.4) is 0 Å².